The van der Waals surface area contributed by atoms with E-state index in [1.165, 1.54) is 24.5 Å². The molecule has 0 heterocycles. The molecule has 0 bridgehead atoms. The number of rotatable bonds is 4. The molecule has 1 heteroatoms. The Hall–Kier alpha value is -1.55. The standard InChI is InChI=1S/C13H15N/c1-2-3-5-12-7-9-13(10-8-12)6-4-11-14/h4,6-10H,2-3,5H2,1H3/b6-4+. The van der Waals surface area contributed by atoms with Gasteiger partial charge in [0.1, 0.15) is 0 Å². The van der Waals surface area contributed by atoms with Crippen LogP contribution in [-0.4, -0.2) is 0 Å². The predicted octanol–water partition coefficient (Wildman–Crippen LogP) is 3.57. The van der Waals surface area contributed by atoms with Gasteiger partial charge in [0.05, 0.1) is 6.07 Å². The fraction of sp³-hybridized carbons (Fsp3) is 0.308. The van der Waals surface area contributed by atoms with E-state index in [0.717, 1.165) is 12.0 Å². The number of nitrogens with zero attached hydrogens (tertiary/aromatic N) is 1. The number of unbranched alkanes of at least 4 members (excludes halogenated alkanes) is 1. The van der Waals surface area contributed by atoms with Crippen LogP contribution >= 0.6 is 0 Å². The van der Waals surface area contributed by atoms with Crippen LogP contribution in [0.5, 0.6) is 0 Å². The highest BCUT2D eigenvalue weighted by atomic mass is 14.2. The summed E-state index contributed by atoms with van der Waals surface area (Å²) in [7, 11) is 0. The predicted molar refractivity (Wildman–Crippen MR) is 59.7 cm³/mol. The molecule has 0 aliphatic rings. The lowest BCUT2D eigenvalue weighted by Gasteiger charge is -1.99. The van der Waals surface area contributed by atoms with Crippen molar-refractivity contribution in [1.82, 2.24) is 0 Å². The zero-order valence-electron chi connectivity index (χ0n) is 8.53. The number of hydrogen-bond donors (Lipinski definition) is 0. The largest absolute Gasteiger partial charge is 0.193 e. The van der Waals surface area contributed by atoms with E-state index in [1.54, 1.807) is 0 Å². The molecule has 0 N–H and O–H groups in total. The fourth-order valence-corrected chi connectivity index (χ4v) is 1.31. The van der Waals surface area contributed by atoms with Gasteiger partial charge in [-0.05, 0) is 30.0 Å². The lowest BCUT2D eigenvalue weighted by molar-refractivity contribution is 0.795. The summed E-state index contributed by atoms with van der Waals surface area (Å²) < 4.78 is 0. The maximum atomic E-state index is 8.36. The van der Waals surface area contributed by atoms with E-state index in [9.17, 15) is 0 Å². The average Bonchev–Trinajstić information content (AvgIpc) is 2.25. The molecule has 1 aromatic rings. The highest BCUT2D eigenvalue weighted by Gasteiger charge is 1.91. The van der Waals surface area contributed by atoms with Gasteiger partial charge in [-0.3, -0.25) is 0 Å². The summed E-state index contributed by atoms with van der Waals surface area (Å²) in [5.74, 6) is 0. The van der Waals surface area contributed by atoms with Crippen LogP contribution < -0.4 is 0 Å². The van der Waals surface area contributed by atoms with Crippen molar-refractivity contribution in [3.63, 3.8) is 0 Å². The van der Waals surface area contributed by atoms with Crippen LogP contribution in [0.1, 0.15) is 30.9 Å². The third kappa shape index (κ3) is 3.45. The first-order valence-electron chi connectivity index (χ1n) is 5.02. The van der Waals surface area contributed by atoms with Crippen molar-refractivity contribution in [2.24, 2.45) is 0 Å². The summed E-state index contributed by atoms with van der Waals surface area (Å²) >= 11 is 0. The first-order chi connectivity index (χ1) is 6.86. The number of benzene rings is 1. The molecular formula is C13H15N. The second kappa shape index (κ2) is 5.99. The van der Waals surface area contributed by atoms with Crippen molar-refractivity contribution in [3.8, 4) is 6.07 Å². The number of aryl methyl sites for hydroxylation is 1. The lowest BCUT2D eigenvalue weighted by Crippen LogP contribution is -1.83. The molecule has 0 radical (unpaired) electrons. The summed E-state index contributed by atoms with van der Waals surface area (Å²) in [6, 6.07) is 10.4. The van der Waals surface area contributed by atoms with Crippen LogP contribution in [0.4, 0.5) is 0 Å². The third-order valence-corrected chi connectivity index (χ3v) is 2.15. The van der Waals surface area contributed by atoms with Crippen LogP contribution in [0.2, 0.25) is 0 Å². The minimum atomic E-state index is 1.09. The van der Waals surface area contributed by atoms with E-state index in [0.29, 0.717) is 0 Å². The van der Waals surface area contributed by atoms with E-state index in [4.69, 9.17) is 5.26 Å². The molecule has 0 saturated heterocycles. The van der Waals surface area contributed by atoms with E-state index >= 15 is 0 Å². The second-order valence-electron chi connectivity index (χ2n) is 3.31. The van der Waals surface area contributed by atoms with Gasteiger partial charge in [0, 0.05) is 6.08 Å². The molecule has 0 atom stereocenters. The quantitative estimate of drug-likeness (QED) is 0.658. The van der Waals surface area contributed by atoms with E-state index < -0.39 is 0 Å². The molecule has 0 fully saturated rings. The first-order valence-corrected chi connectivity index (χ1v) is 5.02. The molecule has 0 aliphatic carbocycles. The highest BCUT2D eigenvalue weighted by molar-refractivity contribution is 5.52. The van der Waals surface area contributed by atoms with Crippen molar-refractivity contribution in [2.45, 2.75) is 26.2 Å². The van der Waals surface area contributed by atoms with Gasteiger partial charge in [0.2, 0.25) is 0 Å². The monoisotopic (exact) mass is 185 g/mol. The van der Waals surface area contributed by atoms with Gasteiger partial charge in [-0.25, -0.2) is 0 Å². The molecule has 1 rings (SSSR count). The Morgan fingerprint density at radius 1 is 1.29 bits per heavy atom. The molecule has 0 saturated carbocycles. The zero-order chi connectivity index (χ0) is 10.2. The molecule has 0 aromatic heterocycles. The van der Waals surface area contributed by atoms with Gasteiger partial charge in [-0.2, -0.15) is 5.26 Å². The molecule has 0 aliphatic heterocycles. The Kier molecular flexibility index (Phi) is 4.50. The van der Waals surface area contributed by atoms with Gasteiger partial charge in [0.25, 0.3) is 0 Å². The van der Waals surface area contributed by atoms with Gasteiger partial charge in [-0.15, -0.1) is 0 Å². The molecule has 1 aromatic carbocycles. The number of hydrogen-bond acceptors (Lipinski definition) is 1. The van der Waals surface area contributed by atoms with Crippen molar-refractivity contribution >= 4 is 6.08 Å². The lowest BCUT2D eigenvalue weighted by atomic mass is 10.1. The molecular weight excluding hydrogens is 170 g/mol. The van der Waals surface area contributed by atoms with Gasteiger partial charge >= 0.3 is 0 Å². The summed E-state index contributed by atoms with van der Waals surface area (Å²) in [5.41, 5.74) is 2.47. The Balaban J connectivity index is 2.60. The molecule has 1 nitrogen and oxygen atoms in total. The Morgan fingerprint density at radius 3 is 2.57 bits per heavy atom. The number of nitriles is 1. The first kappa shape index (κ1) is 10.5. The molecule has 0 amide bonds. The van der Waals surface area contributed by atoms with Crippen LogP contribution in [0.25, 0.3) is 6.08 Å². The molecule has 0 unspecified atom stereocenters. The van der Waals surface area contributed by atoms with Crippen LogP contribution in [-0.2, 0) is 6.42 Å². The smallest absolute Gasteiger partial charge is 0.0912 e. The van der Waals surface area contributed by atoms with E-state index in [2.05, 4.69) is 31.2 Å². The van der Waals surface area contributed by atoms with Crippen LogP contribution in [0.3, 0.4) is 0 Å². The summed E-state index contributed by atoms with van der Waals surface area (Å²) in [5, 5.41) is 8.36. The van der Waals surface area contributed by atoms with E-state index in [-0.39, 0.29) is 0 Å². The van der Waals surface area contributed by atoms with Crippen molar-refractivity contribution in [2.75, 3.05) is 0 Å². The summed E-state index contributed by atoms with van der Waals surface area (Å²) in [4.78, 5) is 0. The third-order valence-electron chi connectivity index (χ3n) is 2.15. The van der Waals surface area contributed by atoms with Crippen molar-refractivity contribution in [1.29, 1.82) is 5.26 Å². The van der Waals surface area contributed by atoms with Crippen LogP contribution in [0, 0.1) is 11.3 Å². The fourth-order valence-electron chi connectivity index (χ4n) is 1.31. The summed E-state index contributed by atoms with van der Waals surface area (Å²) in [6.45, 7) is 2.20. The molecule has 14 heavy (non-hydrogen) atoms. The van der Waals surface area contributed by atoms with Crippen molar-refractivity contribution in [3.05, 3.63) is 41.5 Å². The maximum Gasteiger partial charge on any atom is 0.0912 e. The normalized spacial score (nSPS) is 10.3. The highest BCUT2D eigenvalue weighted by Crippen LogP contribution is 2.08. The summed E-state index contributed by atoms with van der Waals surface area (Å²) in [6.07, 6.45) is 6.95. The van der Waals surface area contributed by atoms with E-state index in [1.807, 2.05) is 12.1 Å². The van der Waals surface area contributed by atoms with Gasteiger partial charge in [-0.1, -0.05) is 37.6 Å². The topological polar surface area (TPSA) is 23.8 Å². The Bertz CT molecular complexity index is 327. The molecule has 0 spiro atoms. The molecule has 72 valence electrons. The second-order valence-corrected chi connectivity index (χ2v) is 3.31. The average molecular weight is 185 g/mol. The van der Waals surface area contributed by atoms with Crippen LogP contribution in [0.15, 0.2) is 30.3 Å². The Labute approximate surface area is 85.7 Å². The SMILES string of the molecule is CCCCc1ccc(/C=C/C#N)cc1. The van der Waals surface area contributed by atoms with Gasteiger partial charge < -0.3 is 0 Å². The minimum absolute atomic E-state index is 1.09. The Morgan fingerprint density at radius 2 is 2.00 bits per heavy atom. The van der Waals surface area contributed by atoms with Gasteiger partial charge in [0.15, 0.2) is 0 Å². The number of allylic oxidation sites excluding steroid dienone is 1. The maximum absolute atomic E-state index is 8.36. The zero-order valence-corrected chi connectivity index (χ0v) is 8.53. The van der Waals surface area contributed by atoms with Crippen molar-refractivity contribution < 1.29 is 0 Å². The minimum Gasteiger partial charge on any atom is -0.193 e.